The molecule has 4 nitrogen and oxygen atoms in total. The molecule has 0 aliphatic carbocycles. The molecular weight excluding hydrogens is 300 g/mol. The van der Waals surface area contributed by atoms with Gasteiger partial charge in [0.2, 0.25) is 5.91 Å². The number of rotatable bonds is 9. The number of hydrogen-bond donors (Lipinski definition) is 1. The normalized spacial score (nSPS) is 10.2. The molecule has 4 heteroatoms. The summed E-state index contributed by atoms with van der Waals surface area (Å²) in [4.78, 5) is 14.3. The SMILES string of the molecule is CCN(CCCNC(=O)Cc1cccc(OC)c1)c1ccccc1. The first-order valence-electron chi connectivity index (χ1n) is 8.42. The number of anilines is 1. The van der Waals surface area contributed by atoms with Crippen molar-refractivity contribution < 1.29 is 9.53 Å². The predicted octanol–water partition coefficient (Wildman–Crippen LogP) is 3.27. The standard InChI is InChI=1S/C20H26N2O2/c1-3-22(18-10-5-4-6-11-18)14-8-13-21-20(23)16-17-9-7-12-19(15-17)24-2/h4-7,9-12,15H,3,8,13-14,16H2,1-2H3,(H,21,23). The summed E-state index contributed by atoms with van der Waals surface area (Å²) in [5.41, 5.74) is 2.19. The van der Waals surface area contributed by atoms with Gasteiger partial charge in [-0.3, -0.25) is 4.79 Å². The van der Waals surface area contributed by atoms with Gasteiger partial charge in [0.1, 0.15) is 5.75 Å². The highest BCUT2D eigenvalue weighted by atomic mass is 16.5. The smallest absolute Gasteiger partial charge is 0.224 e. The Labute approximate surface area is 144 Å². The third-order valence-electron chi connectivity index (χ3n) is 3.93. The van der Waals surface area contributed by atoms with E-state index >= 15 is 0 Å². The number of amides is 1. The molecule has 0 saturated heterocycles. The lowest BCUT2D eigenvalue weighted by molar-refractivity contribution is -0.120. The minimum Gasteiger partial charge on any atom is -0.497 e. The largest absolute Gasteiger partial charge is 0.497 e. The molecule has 0 aliphatic heterocycles. The van der Waals surface area contributed by atoms with Crippen LogP contribution in [0.4, 0.5) is 5.69 Å². The Bertz CT molecular complexity index is 629. The number of hydrogen-bond acceptors (Lipinski definition) is 3. The second-order valence-corrected chi connectivity index (χ2v) is 5.65. The highest BCUT2D eigenvalue weighted by molar-refractivity contribution is 5.78. The molecule has 0 aliphatic rings. The van der Waals surface area contributed by atoms with Crippen molar-refractivity contribution in [3.8, 4) is 5.75 Å². The van der Waals surface area contributed by atoms with Crippen molar-refractivity contribution in [2.45, 2.75) is 19.8 Å². The molecule has 1 N–H and O–H groups in total. The highest BCUT2D eigenvalue weighted by Gasteiger charge is 2.06. The van der Waals surface area contributed by atoms with E-state index in [0.29, 0.717) is 13.0 Å². The fourth-order valence-electron chi connectivity index (χ4n) is 2.64. The molecule has 2 aromatic rings. The van der Waals surface area contributed by atoms with Crippen LogP contribution in [0.5, 0.6) is 5.75 Å². The predicted molar refractivity (Wildman–Crippen MR) is 98.7 cm³/mol. The van der Waals surface area contributed by atoms with Crippen LogP contribution < -0.4 is 15.0 Å². The van der Waals surface area contributed by atoms with Gasteiger partial charge in [0.25, 0.3) is 0 Å². The van der Waals surface area contributed by atoms with Gasteiger partial charge in [-0.25, -0.2) is 0 Å². The van der Waals surface area contributed by atoms with Crippen LogP contribution in [0.25, 0.3) is 0 Å². The summed E-state index contributed by atoms with van der Waals surface area (Å²) < 4.78 is 5.18. The molecule has 0 fully saturated rings. The van der Waals surface area contributed by atoms with Crippen LogP contribution in [0, 0.1) is 0 Å². The second-order valence-electron chi connectivity index (χ2n) is 5.65. The van der Waals surface area contributed by atoms with E-state index < -0.39 is 0 Å². The lowest BCUT2D eigenvalue weighted by atomic mass is 10.1. The van der Waals surface area contributed by atoms with Gasteiger partial charge in [-0.05, 0) is 43.2 Å². The second kappa shape index (κ2) is 9.60. The maximum Gasteiger partial charge on any atom is 0.224 e. The zero-order chi connectivity index (χ0) is 17.2. The molecule has 1 amide bonds. The minimum atomic E-state index is 0.0472. The van der Waals surface area contributed by atoms with E-state index in [1.165, 1.54) is 5.69 Å². The Balaban J connectivity index is 1.72. The Morgan fingerprint density at radius 1 is 1.12 bits per heavy atom. The molecule has 0 aromatic heterocycles. The van der Waals surface area contributed by atoms with Crippen LogP contribution in [0.3, 0.4) is 0 Å². The fourth-order valence-corrected chi connectivity index (χ4v) is 2.64. The van der Waals surface area contributed by atoms with Crippen molar-refractivity contribution in [2.75, 3.05) is 31.6 Å². The van der Waals surface area contributed by atoms with Gasteiger partial charge in [-0.1, -0.05) is 30.3 Å². The molecule has 0 saturated carbocycles. The molecule has 0 heterocycles. The van der Waals surface area contributed by atoms with Gasteiger partial charge < -0.3 is 15.0 Å². The highest BCUT2D eigenvalue weighted by Crippen LogP contribution is 2.13. The number of nitrogens with one attached hydrogen (secondary N) is 1. The first-order valence-corrected chi connectivity index (χ1v) is 8.42. The van der Waals surface area contributed by atoms with Gasteiger partial charge in [0.15, 0.2) is 0 Å². The van der Waals surface area contributed by atoms with Crippen LogP contribution in [0.15, 0.2) is 54.6 Å². The molecule has 2 rings (SSSR count). The number of methoxy groups -OCH3 is 1. The van der Waals surface area contributed by atoms with Gasteiger partial charge >= 0.3 is 0 Å². The summed E-state index contributed by atoms with van der Waals surface area (Å²) in [7, 11) is 1.63. The molecule has 24 heavy (non-hydrogen) atoms. The third-order valence-corrected chi connectivity index (χ3v) is 3.93. The van der Waals surface area contributed by atoms with Gasteiger partial charge in [0, 0.05) is 25.3 Å². The summed E-state index contributed by atoms with van der Waals surface area (Å²) in [6.07, 6.45) is 1.31. The van der Waals surface area contributed by atoms with Crippen LogP contribution in [-0.4, -0.2) is 32.7 Å². The number of carbonyl (C=O) groups excluding carboxylic acids is 1. The molecular formula is C20H26N2O2. The average molecular weight is 326 g/mol. The van der Waals surface area contributed by atoms with Crippen LogP contribution >= 0.6 is 0 Å². The number of nitrogens with zero attached hydrogens (tertiary/aromatic N) is 1. The van der Waals surface area contributed by atoms with E-state index in [1.54, 1.807) is 7.11 Å². The Morgan fingerprint density at radius 3 is 2.62 bits per heavy atom. The maximum absolute atomic E-state index is 12.0. The first kappa shape index (κ1) is 17.9. The lowest BCUT2D eigenvalue weighted by Gasteiger charge is -2.23. The Hall–Kier alpha value is -2.49. The topological polar surface area (TPSA) is 41.6 Å². The fraction of sp³-hybridized carbons (Fsp3) is 0.350. The lowest BCUT2D eigenvalue weighted by Crippen LogP contribution is -2.30. The van der Waals surface area contributed by atoms with E-state index in [0.717, 1.165) is 30.8 Å². The molecule has 2 aromatic carbocycles. The monoisotopic (exact) mass is 326 g/mol. The van der Waals surface area contributed by atoms with Crippen LogP contribution in [0.1, 0.15) is 18.9 Å². The minimum absolute atomic E-state index is 0.0472. The average Bonchev–Trinajstić information content (AvgIpc) is 2.62. The summed E-state index contributed by atoms with van der Waals surface area (Å²) in [5, 5.41) is 2.99. The van der Waals surface area contributed by atoms with E-state index in [-0.39, 0.29) is 5.91 Å². The summed E-state index contributed by atoms with van der Waals surface area (Å²) >= 11 is 0. The molecule has 0 unspecified atom stereocenters. The van der Waals surface area contributed by atoms with Gasteiger partial charge in [-0.2, -0.15) is 0 Å². The summed E-state index contributed by atoms with van der Waals surface area (Å²) in [6.45, 7) is 4.72. The zero-order valence-corrected chi connectivity index (χ0v) is 14.5. The molecule has 0 spiro atoms. The number of ether oxygens (including phenoxy) is 1. The zero-order valence-electron chi connectivity index (χ0n) is 14.5. The number of para-hydroxylation sites is 1. The molecule has 128 valence electrons. The van der Waals surface area contributed by atoms with Crippen molar-refractivity contribution in [3.63, 3.8) is 0 Å². The van der Waals surface area contributed by atoms with Crippen molar-refractivity contribution in [2.24, 2.45) is 0 Å². The first-order chi connectivity index (χ1) is 11.7. The van der Waals surface area contributed by atoms with Gasteiger partial charge in [-0.15, -0.1) is 0 Å². The Kier molecular flexibility index (Phi) is 7.15. The van der Waals surface area contributed by atoms with Crippen LogP contribution in [0.2, 0.25) is 0 Å². The summed E-state index contributed by atoms with van der Waals surface area (Å²) in [6, 6.07) is 18.0. The number of carbonyl (C=O) groups is 1. The van der Waals surface area contributed by atoms with E-state index in [2.05, 4.69) is 29.3 Å². The van der Waals surface area contributed by atoms with Crippen molar-refractivity contribution in [1.82, 2.24) is 5.32 Å². The molecule has 0 radical (unpaired) electrons. The van der Waals surface area contributed by atoms with Crippen molar-refractivity contribution in [1.29, 1.82) is 0 Å². The Morgan fingerprint density at radius 2 is 1.92 bits per heavy atom. The quantitative estimate of drug-likeness (QED) is 0.719. The van der Waals surface area contributed by atoms with Gasteiger partial charge in [0.05, 0.1) is 13.5 Å². The molecule has 0 atom stereocenters. The van der Waals surface area contributed by atoms with E-state index in [4.69, 9.17) is 4.74 Å². The maximum atomic E-state index is 12.0. The number of benzene rings is 2. The van der Waals surface area contributed by atoms with Crippen LogP contribution in [-0.2, 0) is 11.2 Å². The third kappa shape index (κ3) is 5.61. The van der Waals surface area contributed by atoms with E-state index in [9.17, 15) is 4.79 Å². The summed E-state index contributed by atoms with van der Waals surface area (Å²) in [5.74, 6) is 0.827. The molecule has 0 bridgehead atoms. The van der Waals surface area contributed by atoms with E-state index in [1.807, 2.05) is 42.5 Å². The van der Waals surface area contributed by atoms with Crippen molar-refractivity contribution in [3.05, 3.63) is 60.2 Å². The van der Waals surface area contributed by atoms with Crippen molar-refractivity contribution >= 4 is 11.6 Å².